The van der Waals surface area contributed by atoms with E-state index in [0.29, 0.717) is 17.8 Å². The summed E-state index contributed by atoms with van der Waals surface area (Å²) in [5.41, 5.74) is 6.65. The Morgan fingerprint density at radius 3 is 2.86 bits per heavy atom. The molecule has 1 aliphatic carbocycles. The van der Waals surface area contributed by atoms with Crippen molar-refractivity contribution in [3.63, 3.8) is 0 Å². The summed E-state index contributed by atoms with van der Waals surface area (Å²) >= 11 is 5.88. The van der Waals surface area contributed by atoms with Crippen molar-refractivity contribution >= 4 is 28.9 Å². The molecule has 1 aromatic rings. The molecule has 2 unspecified atom stereocenters. The van der Waals surface area contributed by atoms with Crippen LogP contribution in [0.3, 0.4) is 0 Å². The van der Waals surface area contributed by atoms with E-state index in [1.807, 2.05) is 0 Å². The first-order valence-electron chi connectivity index (χ1n) is 6.89. The minimum atomic E-state index is -0.539. The lowest BCUT2D eigenvalue weighted by molar-refractivity contribution is -0.384. The predicted octanol–water partition coefficient (Wildman–Crippen LogP) is 2.87. The number of nitrogens with two attached hydrogens (primary N) is 1. The van der Waals surface area contributed by atoms with Crippen molar-refractivity contribution in [3.05, 3.63) is 32.8 Å². The van der Waals surface area contributed by atoms with E-state index in [9.17, 15) is 14.9 Å². The summed E-state index contributed by atoms with van der Waals surface area (Å²) < 4.78 is 0. The lowest BCUT2D eigenvalue weighted by Crippen LogP contribution is -2.30. The average Bonchev–Trinajstić information content (AvgIpc) is 2.90. The highest BCUT2D eigenvalue weighted by molar-refractivity contribution is 6.33. The van der Waals surface area contributed by atoms with Gasteiger partial charge in [-0.15, -0.1) is 0 Å². The van der Waals surface area contributed by atoms with Gasteiger partial charge in [0.1, 0.15) is 5.02 Å². The van der Waals surface area contributed by atoms with E-state index in [0.717, 1.165) is 19.3 Å². The molecule has 2 atom stereocenters. The summed E-state index contributed by atoms with van der Waals surface area (Å²) in [5, 5.41) is 13.7. The van der Waals surface area contributed by atoms with Gasteiger partial charge in [-0.3, -0.25) is 14.9 Å². The largest absolute Gasteiger partial charge is 0.330 e. The van der Waals surface area contributed by atoms with Crippen molar-refractivity contribution in [3.8, 4) is 0 Å². The second-order valence-corrected chi connectivity index (χ2v) is 5.81. The van der Waals surface area contributed by atoms with Crippen LogP contribution in [-0.4, -0.2) is 17.4 Å². The average molecular weight is 312 g/mol. The van der Waals surface area contributed by atoms with E-state index >= 15 is 0 Å². The molecule has 3 N–H and O–H groups in total. The Morgan fingerprint density at radius 2 is 2.24 bits per heavy atom. The Bertz CT molecular complexity index is 577. The third kappa shape index (κ3) is 3.33. The molecule has 0 aromatic heterocycles. The summed E-state index contributed by atoms with van der Waals surface area (Å²) in [4.78, 5) is 22.6. The molecule has 0 heterocycles. The molecule has 1 saturated carbocycles. The quantitative estimate of drug-likeness (QED) is 0.659. The summed E-state index contributed by atoms with van der Waals surface area (Å²) in [5.74, 6) is 0.0261. The number of hydrogen-bond acceptors (Lipinski definition) is 4. The highest BCUT2D eigenvalue weighted by Gasteiger charge is 2.32. The standard InChI is InChI=1S/C14H18ClN3O3/c1-8-5-13(18(20)21)11(15)6-12(8)17-14(19)10-4-2-3-9(10)7-16/h5-6,9-10H,2-4,7,16H2,1H3,(H,17,19). The molecular weight excluding hydrogens is 294 g/mol. The number of nitro groups is 1. The van der Waals surface area contributed by atoms with Crippen LogP contribution in [-0.2, 0) is 4.79 Å². The van der Waals surface area contributed by atoms with Crippen molar-refractivity contribution in [2.45, 2.75) is 26.2 Å². The van der Waals surface area contributed by atoms with Crippen molar-refractivity contribution in [2.75, 3.05) is 11.9 Å². The molecule has 0 bridgehead atoms. The second-order valence-electron chi connectivity index (χ2n) is 5.40. The van der Waals surface area contributed by atoms with Gasteiger partial charge >= 0.3 is 0 Å². The van der Waals surface area contributed by atoms with Gasteiger partial charge in [0, 0.05) is 17.7 Å². The maximum Gasteiger partial charge on any atom is 0.288 e. The number of aryl methyl sites for hydroxylation is 1. The zero-order chi connectivity index (χ0) is 15.6. The van der Waals surface area contributed by atoms with Crippen LogP contribution in [0.2, 0.25) is 5.02 Å². The normalized spacial score (nSPS) is 21.3. The van der Waals surface area contributed by atoms with Crippen LogP contribution in [0.5, 0.6) is 0 Å². The van der Waals surface area contributed by atoms with Crippen molar-refractivity contribution in [1.29, 1.82) is 0 Å². The Morgan fingerprint density at radius 1 is 1.52 bits per heavy atom. The highest BCUT2D eigenvalue weighted by atomic mass is 35.5. The molecule has 1 aliphatic rings. The molecule has 21 heavy (non-hydrogen) atoms. The lowest BCUT2D eigenvalue weighted by atomic mass is 9.95. The number of benzene rings is 1. The molecule has 114 valence electrons. The van der Waals surface area contributed by atoms with E-state index in [4.69, 9.17) is 17.3 Å². The molecule has 0 radical (unpaired) electrons. The predicted molar refractivity (Wildman–Crippen MR) is 81.4 cm³/mol. The first-order chi connectivity index (χ1) is 9.93. The number of hydrogen-bond donors (Lipinski definition) is 2. The number of nitro benzene ring substituents is 1. The first kappa shape index (κ1) is 15.7. The molecule has 0 spiro atoms. The maximum absolute atomic E-state index is 12.3. The first-order valence-corrected chi connectivity index (χ1v) is 7.27. The minimum absolute atomic E-state index is 0.0164. The Labute approximate surface area is 127 Å². The summed E-state index contributed by atoms with van der Waals surface area (Å²) in [7, 11) is 0. The molecule has 0 aliphatic heterocycles. The van der Waals surface area contributed by atoms with Crippen LogP contribution in [0.1, 0.15) is 24.8 Å². The number of halogens is 1. The second kappa shape index (κ2) is 6.41. The zero-order valence-electron chi connectivity index (χ0n) is 11.8. The van der Waals surface area contributed by atoms with Crippen LogP contribution >= 0.6 is 11.6 Å². The van der Waals surface area contributed by atoms with Gasteiger partial charge < -0.3 is 11.1 Å². The summed E-state index contributed by atoms with van der Waals surface area (Å²) in [6.07, 6.45) is 2.79. The Kier molecular flexibility index (Phi) is 4.80. The summed E-state index contributed by atoms with van der Waals surface area (Å²) in [6.45, 7) is 2.20. The van der Waals surface area contributed by atoms with Gasteiger partial charge in [0.15, 0.2) is 0 Å². The fourth-order valence-electron chi connectivity index (χ4n) is 2.83. The van der Waals surface area contributed by atoms with Gasteiger partial charge in [-0.2, -0.15) is 0 Å². The van der Waals surface area contributed by atoms with Crippen LogP contribution in [0.25, 0.3) is 0 Å². The van der Waals surface area contributed by atoms with Gasteiger partial charge in [-0.25, -0.2) is 0 Å². The maximum atomic E-state index is 12.3. The van der Waals surface area contributed by atoms with E-state index in [2.05, 4.69) is 5.32 Å². The molecule has 2 rings (SSSR count). The van der Waals surface area contributed by atoms with Gasteiger partial charge in [0.2, 0.25) is 5.91 Å². The Hall–Kier alpha value is -1.66. The minimum Gasteiger partial charge on any atom is -0.330 e. The van der Waals surface area contributed by atoms with Gasteiger partial charge in [0.25, 0.3) is 5.69 Å². The van der Waals surface area contributed by atoms with Crippen molar-refractivity contribution < 1.29 is 9.72 Å². The zero-order valence-corrected chi connectivity index (χ0v) is 12.5. The van der Waals surface area contributed by atoms with Crippen molar-refractivity contribution in [1.82, 2.24) is 0 Å². The lowest BCUT2D eigenvalue weighted by Gasteiger charge is -2.18. The van der Waals surface area contributed by atoms with E-state index in [1.54, 1.807) is 6.92 Å². The molecule has 0 saturated heterocycles. The smallest absolute Gasteiger partial charge is 0.288 e. The van der Waals surface area contributed by atoms with E-state index in [-0.39, 0.29) is 28.5 Å². The fraction of sp³-hybridized carbons (Fsp3) is 0.500. The third-order valence-corrected chi connectivity index (χ3v) is 4.35. The number of nitrogens with one attached hydrogen (secondary N) is 1. The number of nitrogens with zero attached hydrogens (tertiary/aromatic N) is 1. The SMILES string of the molecule is Cc1cc([N+](=O)[O-])c(Cl)cc1NC(=O)C1CCCC1CN. The molecule has 1 aromatic carbocycles. The third-order valence-electron chi connectivity index (χ3n) is 4.05. The number of rotatable bonds is 4. The van der Waals surface area contributed by atoms with E-state index in [1.165, 1.54) is 12.1 Å². The van der Waals surface area contributed by atoms with Crippen LogP contribution in [0.4, 0.5) is 11.4 Å². The highest BCUT2D eigenvalue weighted by Crippen LogP contribution is 2.34. The van der Waals surface area contributed by atoms with Gasteiger partial charge in [-0.05, 0) is 43.9 Å². The number of carbonyl (C=O) groups excluding carboxylic acids is 1. The number of anilines is 1. The molecule has 7 heteroatoms. The number of amides is 1. The molecule has 1 amide bonds. The van der Waals surface area contributed by atoms with E-state index < -0.39 is 4.92 Å². The molecular formula is C14H18ClN3O3. The number of carbonyl (C=O) groups is 1. The van der Waals surface area contributed by atoms with Crippen LogP contribution in [0.15, 0.2) is 12.1 Å². The van der Waals surface area contributed by atoms with Crippen molar-refractivity contribution in [2.24, 2.45) is 17.6 Å². The van der Waals surface area contributed by atoms with Gasteiger partial charge in [-0.1, -0.05) is 18.0 Å². The molecule has 1 fully saturated rings. The van der Waals surface area contributed by atoms with Crippen LogP contribution < -0.4 is 11.1 Å². The van der Waals surface area contributed by atoms with Gasteiger partial charge in [0.05, 0.1) is 4.92 Å². The Balaban J connectivity index is 2.18. The monoisotopic (exact) mass is 311 g/mol. The fourth-order valence-corrected chi connectivity index (χ4v) is 3.06. The summed E-state index contributed by atoms with van der Waals surface area (Å²) in [6, 6.07) is 2.80. The topological polar surface area (TPSA) is 98.3 Å². The molecule has 6 nitrogen and oxygen atoms in total. The van der Waals surface area contributed by atoms with Crippen LogP contribution in [0, 0.1) is 28.9 Å².